The zero-order chi connectivity index (χ0) is 9.14. The first-order chi connectivity index (χ1) is 5.63. The minimum atomic E-state index is -0.250. The quantitative estimate of drug-likeness (QED) is 0.683. The van der Waals surface area contributed by atoms with E-state index in [9.17, 15) is 4.79 Å². The monoisotopic (exact) mass is 167 g/mol. The van der Waals surface area contributed by atoms with E-state index in [1.165, 1.54) is 0 Å². The van der Waals surface area contributed by atoms with Gasteiger partial charge in [-0.3, -0.25) is 9.69 Å². The lowest BCUT2D eigenvalue weighted by Crippen LogP contribution is -2.25. The summed E-state index contributed by atoms with van der Waals surface area (Å²) in [5.74, 6) is 0.794. The lowest BCUT2D eigenvalue weighted by molar-refractivity contribution is -0.122. The van der Waals surface area contributed by atoms with Crippen LogP contribution in [0.1, 0.15) is 18.7 Å². The Morgan fingerprint density at radius 1 is 1.58 bits per heavy atom. The Bertz CT molecular complexity index is 252. The molecule has 1 atom stereocenters. The van der Waals surface area contributed by atoms with Crippen molar-refractivity contribution >= 4 is 5.78 Å². The van der Waals surface area contributed by atoms with Crippen molar-refractivity contribution in [2.75, 3.05) is 14.1 Å². The predicted octanol–water partition coefficient (Wildman–Crippen LogP) is 1.47. The molecule has 1 heterocycles. The van der Waals surface area contributed by atoms with Crippen LogP contribution in [0.5, 0.6) is 0 Å². The Hall–Kier alpha value is -1.09. The molecular formula is C9H13NO2. The summed E-state index contributed by atoms with van der Waals surface area (Å²) in [6, 6.07) is 3.35. The van der Waals surface area contributed by atoms with E-state index in [2.05, 4.69) is 0 Å². The molecule has 0 aliphatic heterocycles. The van der Waals surface area contributed by atoms with Gasteiger partial charge in [0, 0.05) is 0 Å². The van der Waals surface area contributed by atoms with Gasteiger partial charge in [-0.05, 0) is 33.2 Å². The van der Waals surface area contributed by atoms with Crippen LogP contribution in [0.15, 0.2) is 22.8 Å². The SMILES string of the molecule is CC(=O)C(c1ccco1)N(C)C. The summed E-state index contributed by atoms with van der Waals surface area (Å²) in [5.41, 5.74) is 0. The molecule has 3 heteroatoms. The largest absolute Gasteiger partial charge is 0.467 e. The first kappa shape index (κ1) is 9.00. The second-order valence-corrected chi connectivity index (χ2v) is 2.99. The van der Waals surface area contributed by atoms with Gasteiger partial charge in [0.05, 0.1) is 6.26 Å². The summed E-state index contributed by atoms with van der Waals surface area (Å²) < 4.78 is 5.16. The van der Waals surface area contributed by atoms with E-state index in [1.54, 1.807) is 19.3 Å². The molecule has 0 aromatic carbocycles. The zero-order valence-corrected chi connectivity index (χ0v) is 7.57. The maximum atomic E-state index is 11.2. The first-order valence-electron chi connectivity index (χ1n) is 3.83. The van der Waals surface area contributed by atoms with Crippen molar-refractivity contribution in [1.82, 2.24) is 4.90 Å². The molecule has 0 saturated carbocycles. The zero-order valence-electron chi connectivity index (χ0n) is 7.57. The number of carbonyl (C=O) groups is 1. The third-order valence-corrected chi connectivity index (χ3v) is 1.71. The number of ketones is 1. The Balaban J connectivity index is 2.88. The number of likely N-dealkylation sites (N-methyl/N-ethyl adjacent to an activating group) is 1. The van der Waals surface area contributed by atoms with Crippen molar-refractivity contribution in [3.8, 4) is 0 Å². The topological polar surface area (TPSA) is 33.5 Å². The van der Waals surface area contributed by atoms with Gasteiger partial charge in [-0.2, -0.15) is 0 Å². The molecule has 0 fully saturated rings. The molecule has 1 aromatic heterocycles. The number of nitrogens with zero attached hydrogens (tertiary/aromatic N) is 1. The predicted molar refractivity (Wildman–Crippen MR) is 45.8 cm³/mol. The van der Waals surface area contributed by atoms with Crippen LogP contribution in [0, 0.1) is 0 Å². The Morgan fingerprint density at radius 2 is 2.25 bits per heavy atom. The number of rotatable bonds is 3. The number of furan rings is 1. The van der Waals surface area contributed by atoms with E-state index in [0.717, 1.165) is 0 Å². The Labute approximate surface area is 72.0 Å². The number of Topliss-reactive ketones (excluding diaryl/α,β-unsaturated/α-hetero) is 1. The molecular weight excluding hydrogens is 154 g/mol. The molecule has 0 amide bonds. The molecule has 0 aliphatic carbocycles. The van der Waals surface area contributed by atoms with E-state index in [4.69, 9.17) is 4.42 Å². The molecule has 1 aromatic rings. The molecule has 1 rings (SSSR count). The van der Waals surface area contributed by atoms with E-state index < -0.39 is 0 Å². The van der Waals surface area contributed by atoms with Crippen LogP contribution in [-0.4, -0.2) is 24.8 Å². The average Bonchev–Trinajstić information content (AvgIpc) is 2.37. The minimum absolute atomic E-state index is 0.0925. The summed E-state index contributed by atoms with van der Waals surface area (Å²) in [6.45, 7) is 1.56. The number of hydrogen-bond acceptors (Lipinski definition) is 3. The summed E-state index contributed by atoms with van der Waals surface area (Å²) in [6.07, 6.45) is 1.58. The lowest BCUT2D eigenvalue weighted by atomic mass is 10.1. The highest BCUT2D eigenvalue weighted by Gasteiger charge is 2.21. The standard InChI is InChI=1S/C9H13NO2/c1-7(11)9(10(2)3)8-5-4-6-12-8/h4-6,9H,1-3H3. The van der Waals surface area contributed by atoms with Gasteiger partial charge >= 0.3 is 0 Å². The summed E-state index contributed by atoms with van der Waals surface area (Å²) in [7, 11) is 3.71. The second-order valence-electron chi connectivity index (χ2n) is 2.99. The molecule has 0 N–H and O–H groups in total. The summed E-state index contributed by atoms with van der Waals surface area (Å²) in [4.78, 5) is 13.0. The van der Waals surface area contributed by atoms with Gasteiger partial charge in [0.1, 0.15) is 11.8 Å². The van der Waals surface area contributed by atoms with Crippen molar-refractivity contribution < 1.29 is 9.21 Å². The molecule has 12 heavy (non-hydrogen) atoms. The van der Waals surface area contributed by atoms with Crippen LogP contribution in [0.4, 0.5) is 0 Å². The van der Waals surface area contributed by atoms with Crippen LogP contribution in [0.3, 0.4) is 0 Å². The fraction of sp³-hybridized carbons (Fsp3) is 0.444. The van der Waals surface area contributed by atoms with Crippen LogP contribution in [-0.2, 0) is 4.79 Å². The fourth-order valence-corrected chi connectivity index (χ4v) is 1.27. The molecule has 1 unspecified atom stereocenters. The summed E-state index contributed by atoms with van der Waals surface area (Å²) >= 11 is 0. The smallest absolute Gasteiger partial charge is 0.154 e. The van der Waals surface area contributed by atoms with Crippen LogP contribution < -0.4 is 0 Å². The van der Waals surface area contributed by atoms with Crippen LogP contribution in [0.2, 0.25) is 0 Å². The van der Waals surface area contributed by atoms with E-state index in [1.807, 2.05) is 25.1 Å². The van der Waals surface area contributed by atoms with Gasteiger partial charge in [0.2, 0.25) is 0 Å². The third-order valence-electron chi connectivity index (χ3n) is 1.71. The number of carbonyl (C=O) groups excluding carboxylic acids is 1. The average molecular weight is 167 g/mol. The maximum Gasteiger partial charge on any atom is 0.154 e. The highest BCUT2D eigenvalue weighted by Crippen LogP contribution is 2.18. The molecule has 0 saturated heterocycles. The van der Waals surface area contributed by atoms with Gasteiger partial charge < -0.3 is 4.42 Å². The summed E-state index contributed by atoms with van der Waals surface area (Å²) in [5, 5.41) is 0. The fourth-order valence-electron chi connectivity index (χ4n) is 1.27. The Morgan fingerprint density at radius 3 is 2.58 bits per heavy atom. The molecule has 0 bridgehead atoms. The second kappa shape index (κ2) is 3.54. The van der Waals surface area contributed by atoms with Crippen molar-refractivity contribution in [2.24, 2.45) is 0 Å². The Kier molecular flexibility index (Phi) is 2.65. The molecule has 0 radical (unpaired) electrons. The van der Waals surface area contributed by atoms with Gasteiger partial charge in [0.15, 0.2) is 5.78 Å². The molecule has 0 spiro atoms. The van der Waals surface area contributed by atoms with Crippen molar-refractivity contribution in [3.63, 3.8) is 0 Å². The molecule has 66 valence electrons. The van der Waals surface area contributed by atoms with E-state index in [-0.39, 0.29) is 11.8 Å². The minimum Gasteiger partial charge on any atom is -0.467 e. The van der Waals surface area contributed by atoms with Crippen molar-refractivity contribution in [1.29, 1.82) is 0 Å². The van der Waals surface area contributed by atoms with Gasteiger partial charge in [-0.25, -0.2) is 0 Å². The van der Waals surface area contributed by atoms with E-state index in [0.29, 0.717) is 5.76 Å². The van der Waals surface area contributed by atoms with Crippen LogP contribution in [0.25, 0.3) is 0 Å². The normalized spacial score (nSPS) is 13.3. The van der Waals surface area contributed by atoms with E-state index >= 15 is 0 Å². The lowest BCUT2D eigenvalue weighted by Gasteiger charge is -2.18. The van der Waals surface area contributed by atoms with Crippen LogP contribution >= 0.6 is 0 Å². The first-order valence-corrected chi connectivity index (χ1v) is 3.83. The molecule has 0 aliphatic rings. The highest BCUT2D eigenvalue weighted by molar-refractivity contribution is 5.82. The van der Waals surface area contributed by atoms with Crippen molar-refractivity contribution in [3.05, 3.63) is 24.2 Å². The maximum absolute atomic E-state index is 11.2. The highest BCUT2D eigenvalue weighted by atomic mass is 16.3. The molecule has 3 nitrogen and oxygen atoms in total. The third kappa shape index (κ3) is 1.74. The number of hydrogen-bond donors (Lipinski definition) is 0. The van der Waals surface area contributed by atoms with Gasteiger partial charge in [-0.15, -0.1) is 0 Å². The van der Waals surface area contributed by atoms with Crippen molar-refractivity contribution in [2.45, 2.75) is 13.0 Å². The van der Waals surface area contributed by atoms with Gasteiger partial charge in [-0.1, -0.05) is 0 Å². The van der Waals surface area contributed by atoms with Gasteiger partial charge in [0.25, 0.3) is 0 Å².